The van der Waals surface area contributed by atoms with E-state index >= 15 is 0 Å². The summed E-state index contributed by atoms with van der Waals surface area (Å²) in [6, 6.07) is 7.66. The van der Waals surface area contributed by atoms with E-state index in [9.17, 15) is 0 Å². The third kappa shape index (κ3) is 2.17. The van der Waals surface area contributed by atoms with E-state index < -0.39 is 0 Å². The topological polar surface area (TPSA) is 62.3 Å². The molecule has 1 aromatic carbocycles. The molecule has 0 saturated heterocycles. The van der Waals surface area contributed by atoms with Crippen LogP contribution in [0.3, 0.4) is 0 Å². The highest BCUT2D eigenvalue weighted by Gasteiger charge is 2.12. The number of aryl methyl sites for hydroxylation is 1. The Balaban J connectivity index is 2.52. The van der Waals surface area contributed by atoms with Crippen LogP contribution in [0.25, 0.3) is 11.3 Å². The van der Waals surface area contributed by atoms with Crippen LogP contribution in [0.1, 0.15) is 5.69 Å². The third-order valence-electron chi connectivity index (χ3n) is 2.82. The highest BCUT2D eigenvalue weighted by Crippen LogP contribution is 2.33. The quantitative estimate of drug-likeness (QED) is 0.890. The number of hydrogen-bond acceptors (Lipinski definition) is 4. The molecule has 2 rings (SSSR count). The van der Waals surface area contributed by atoms with Gasteiger partial charge in [0, 0.05) is 25.2 Å². The summed E-state index contributed by atoms with van der Waals surface area (Å²) >= 11 is 0. The van der Waals surface area contributed by atoms with Crippen LogP contribution >= 0.6 is 0 Å². The minimum absolute atomic E-state index is 0.423. The lowest BCUT2D eigenvalue weighted by atomic mass is 10.1. The smallest absolute Gasteiger partial charge is 0.131 e. The number of rotatable bonds is 4. The van der Waals surface area contributed by atoms with Crippen LogP contribution in [0, 0.1) is 0 Å². The van der Waals surface area contributed by atoms with Crippen molar-refractivity contribution in [2.45, 2.75) is 6.54 Å². The van der Waals surface area contributed by atoms with Crippen LogP contribution in [0.2, 0.25) is 0 Å². The molecule has 18 heavy (non-hydrogen) atoms. The maximum absolute atomic E-state index is 5.60. The number of benzene rings is 1. The molecule has 0 aliphatic rings. The lowest BCUT2D eigenvalue weighted by Crippen LogP contribution is -1.99. The first-order valence-electron chi connectivity index (χ1n) is 5.65. The van der Waals surface area contributed by atoms with E-state index in [1.54, 1.807) is 18.9 Å². The van der Waals surface area contributed by atoms with E-state index in [2.05, 4.69) is 5.10 Å². The van der Waals surface area contributed by atoms with E-state index in [4.69, 9.17) is 15.2 Å². The molecule has 0 bridgehead atoms. The number of methoxy groups -OCH3 is 2. The fourth-order valence-corrected chi connectivity index (χ4v) is 1.89. The van der Waals surface area contributed by atoms with Crippen molar-refractivity contribution in [1.82, 2.24) is 9.78 Å². The predicted octanol–water partition coefficient (Wildman–Crippen LogP) is 1.56. The maximum Gasteiger partial charge on any atom is 0.131 e. The molecular weight excluding hydrogens is 230 g/mol. The number of nitrogens with zero attached hydrogens (tertiary/aromatic N) is 2. The van der Waals surface area contributed by atoms with Gasteiger partial charge in [-0.1, -0.05) is 0 Å². The first-order valence-corrected chi connectivity index (χ1v) is 5.65. The van der Waals surface area contributed by atoms with Gasteiger partial charge in [0.15, 0.2) is 0 Å². The number of hydrogen-bond donors (Lipinski definition) is 1. The fourth-order valence-electron chi connectivity index (χ4n) is 1.89. The van der Waals surface area contributed by atoms with Gasteiger partial charge >= 0.3 is 0 Å². The van der Waals surface area contributed by atoms with Crippen LogP contribution in [-0.2, 0) is 13.6 Å². The van der Waals surface area contributed by atoms with Gasteiger partial charge in [-0.25, -0.2) is 0 Å². The normalized spacial score (nSPS) is 10.4. The van der Waals surface area contributed by atoms with Crippen LogP contribution < -0.4 is 15.2 Å². The average molecular weight is 247 g/mol. The summed E-state index contributed by atoms with van der Waals surface area (Å²) in [6.45, 7) is 0.423. The second-order valence-electron chi connectivity index (χ2n) is 3.91. The minimum Gasteiger partial charge on any atom is -0.497 e. The Bertz CT molecular complexity index is 549. The first-order chi connectivity index (χ1) is 8.69. The summed E-state index contributed by atoms with van der Waals surface area (Å²) in [5, 5.41) is 4.33. The van der Waals surface area contributed by atoms with Gasteiger partial charge in [-0.2, -0.15) is 5.10 Å². The van der Waals surface area contributed by atoms with Gasteiger partial charge in [-0.15, -0.1) is 0 Å². The van der Waals surface area contributed by atoms with Crippen LogP contribution in [0.4, 0.5) is 0 Å². The van der Waals surface area contributed by atoms with Crippen molar-refractivity contribution in [2.24, 2.45) is 12.8 Å². The van der Waals surface area contributed by atoms with Crippen molar-refractivity contribution in [2.75, 3.05) is 14.2 Å². The molecule has 0 radical (unpaired) electrons. The zero-order valence-corrected chi connectivity index (χ0v) is 10.8. The van der Waals surface area contributed by atoms with E-state index in [1.165, 1.54) is 0 Å². The summed E-state index contributed by atoms with van der Waals surface area (Å²) < 4.78 is 12.4. The minimum atomic E-state index is 0.423. The highest BCUT2D eigenvalue weighted by atomic mass is 16.5. The van der Waals surface area contributed by atoms with Gasteiger partial charge in [0.05, 0.1) is 25.6 Å². The first kappa shape index (κ1) is 12.4. The van der Waals surface area contributed by atoms with Gasteiger partial charge in [0.1, 0.15) is 11.5 Å². The Morgan fingerprint density at radius 2 is 2.00 bits per heavy atom. The predicted molar refractivity (Wildman–Crippen MR) is 69.6 cm³/mol. The molecule has 1 heterocycles. The van der Waals surface area contributed by atoms with Gasteiger partial charge in [0.2, 0.25) is 0 Å². The molecule has 0 saturated carbocycles. The molecule has 0 fully saturated rings. The Morgan fingerprint density at radius 1 is 1.22 bits per heavy atom. The summed E-state index contributed by atoms with van der Waals surface area (Å²) in [5.74, 6) is 1.51. The van der Waals surface area contributed by atoms with E-state index in [0.717, 1.165) is 28.5 Å². The summed E-state index contributed by atoms with van der Waals surface area (Å²) in [6.07, 6.45) is 0. The van der Waals surface area contributed by atoms with Crippen LogP contribution in [0.5, 0.6) is 11.5 Å². The Hall–Kier alpha value is -2.01. The van der Waals surface area contributed by atoms with Crippen molar-refractivity contribution >= 4 is 0 Å². The largest absolute Gasteiger partial charge is 0.497 e. The van der Waals surface area contributed by atoms with Crippen molar-refractivity contribution in [3.8, 4) is 22.8 Å². The Morgan fingerprint density at radius 3 is 2.56 bits per heavy atom. The number of nitrogens with two attached hydrogens (primary N) is 1. The van der Waals surface area contributed by atoms with Crippen LogP contribution in [0.15, 0.2) is 24.3 Å². The molecule has 0 atom stereocenters. The maximum atomic E-state index is 5.60. The lowest BCUT2D eigenvalue weighted by Gasteiger charge is -2.10. The molecule has 0 spiro atoms. The van der Waals surface area contributed by atoms with Gasteiger partial charge in [-0.3, -0.25) is 4.68 Å². The highest BCUT2D eigenvalue weighted by molar-refractivity contribution is 5.69. The molecule has 0 amide bonds. The molecule has 5 nitrogen and oxygen atoms in total. The molecular formula is C13H17N3O2. The van der Waals surface area contributed by atoms with Crippen molar-refractivity contribution < 1.29 is 9.47 Å². The molecule has 5 heteroatoms. The molecule has 96 valence electrons. The number of ether oxygens (including phenoxy) is 2. The molecule has 1 aromatic heterocycles. The van der Waals surface area contributed by atoms with Crippen molar-refractivity contribution in [3.63, 3.8) is 0 Å². The van der Waals surface area contributed by atoms with E-state index in [-0.39, 0.29) is 0 Å². The van der Waals surface area contributed by atoms with Crippen molar-refractivity contribution in [1.29, 1.82) is 0 Å². The van der Waals surface area contributed by atoms with Crippen molar-refractivity contribution in [3.05, 3.63) is 30.0 Å². The van der Waals surface area contributed by atoms with Gasteiger partial charge < -0.3 is 15.2 Å². The zero-order chi connectivity index (χ0) is 13.1. The Labute approximate surface area is 106 Å². The standard InChI is InChI=1S/C13H17N3O2/c1-16-12(6-9(8-14)15-16)11-5-4-10(17-2)7-13(11)18-3/h4-7H,8,14H2,1-3H3. The zero-order valence-electron chi connectivity index (χ0n) is 10.8. The summed E-state index contributed by atoms with van der Waals surface area (Å²) in [7, 11) is 5.15. The molecule has 0 aliphatic heterocycles. The summed E-state index contributed by atoms with van der Waals surface area (Å²) in [4.78, 5) is 0. The lowest BCUT2D eigenvalue weighted by molar-refractivity contribution is 0.395. The van der Waals surface area contributed by atoms with Crippen LogP contribution in [-0.4, -0.2) is 24.0 Å². The molecule has 0 aliphatic carbocycles. The average Bonchev–Trinajstić information content (AvgIpc) is 2.79. The van der Waals surface area contributed by atoms with Gasteiger partial charge in [0.25, 0.3) is 0 Å². The SMILES string of the molecule is COc1ccc(-c2cc(CN)nn2C)c(OC)c1. The van der Waals surface area contributed by atoms with Gasteiger partial charge in [-0.05, 0) is 18.2 Å². The second kappa shape index (κ2) is 5.10. The fraction of sp³-hybridized carbons (Fsp3) is 0.308. The Kier molecular flexibility index (Phi) is 3.53. The molecule has 0 unspecified atom stereocenters. The third-order valence-corrected chi connectivity index (χ3v) is 2.82. The number of aromatic nitrogens is 2. The van der Waals surface area contributed by atoms with E-state index in [0.29, 0.717) is 6.54 Å². The molecule has 2 aromatic rings. The monoisotopic (exact) mass is 247 g/mol. The van der Waals surface area contributed by atoms with E-state index in [1.807, 2.05) is 31.3 Å². The molecule has 2 N–H and O–H groups in total. The second-order valence-corrected chi connectivity index (χ2v) is 3.91. The summed E-state index contributed by atoms with van der Waals surface area (Å²) in [5.41, 5.74) is 8.38.